The van der Waals surface area contributed by atoms with Gasteiger partial charge in [-0.05, 0) is 26.0 Å². The van der Waals surface area contributed by atoms with Crippen molar-refractivity contribution < 1.29 is 9.18 Å². The smallest absolute Gasteiger partial charge is 0.256 e. The Labute approximate surface area is 116 Å². The highest BCUT2D eigenvalue weighted by Crippen LogP contribution is 2.21. The molecule has 6 heteroatoms. The van der Waals surface area contributed by atoms with E-state index in [-0.39, 0.29) is 18.0 Å². The van der Waals surface area contributed by atoms with Gasteiger partial charge in [-0.1, -0.05) is 0 Å². The second-order valence-corrected chi connectivity index (χ2v) is 5.23. The number of hydrogen-bond donors (Lipinski definition) is 2. The highest BCUT2D eigenvalue weighted by Gasteiger charge is 2.30. The first kappa shape index (κ1) is 13.1. The molecule has 5 nitrogen and oxygen atoms in total. The Morgan fingerprint density at radius 2 is 2.25 bits per heavy atom. The maximum atomic E-state index is 13.6. The summed E-state index contributed by atoms with van der Waals surface area (Å²) in [6.07, 6.45) is 1.48. The van der Waals surface area contributed by atoms with Crippen molar-refractivity contribution in [3.05, 3.63) is 29.8 Å². The summed E-state index contributed by atoms with van der Waals surface area (Å²) in [6, 6.07) is 2.90. The number of rotatable bonds is 1. The van der Waals surface area contributed by atoms with Crippen LogP contribution in [0.5, 0.6) is 0 Å². The molecule has 1 saturated heterocycles. The second kappa shape index (κ2) is 4.86. The van der Waals surface area contributed by atoms with Gasteiger partial charge in [-0.3, -0.25) is 4.79 Å². The molecule has 1 amide bonds. The van der Waals surface area contributed by atoms with Crippen LogP contribution < -0.4 is 5.32 Å². The first-order chi connectivity index (χ1) is 9.58. The first-order valence-electron chi connectivity index (χ1n) is 6.75. The fraction of sp³-hybridized carbons (Fsp3) is 0.429. The number of imidazole rings is 1. The maximum absolute atomic E-state index is 13.6. The van der Waals surface area contributed by atoms with Crippen molar-refractivity contribution in [2.45, 2.75) is 25.9 Å². The molecule has 2 unspecified atom stereocenters. The topological polar surface area (TPSA) is 61.0 Å². The van der Waals surface area contributed by atoms with Gasteiger partial charge in [0.1, 0.15) is 11.3 Å². The Balaban J connectivity index is 2.02. The quantitative estimate of drug-likeness (QED) is 0.830. The van der Waals surface area contributed by atoms with E-state index in [1.54, 1.807) is 4.90 Å². The number of H-pyrrole nitrogens is 1. The molecule has 106 valence electrons. The number of halogens is 1. The number of aromatic nitrogens is 2. The normalized spacial score (nSPS) is 23.2. The number of nitrogens with zero attached hydrogens (tertiary/aromatic N) is 2. The zero-order valence-corrected chi connectivity index (χ0v) is 11.5. The number of carbonyl (C=O) groups excluding carboxylic acids is 1. The number of hydrogen-bond acceptors (Lipinski definition) is 3. The van der Waals surface area contributed by atoms with E-state index < -0.39 is 5.82 Å². The van der Waals surface area contributed by atoms with E-state index in [4.69, 9.17) is 0 Å². The van der Waals surface area contributed by atoms with E-state index >= 15 is 0 Å². The number of benzene rings is 1. The van der Waals surface area contributed by atoms with Crippen LogP contribution in [-0.2, 0) is 0 Å². The monoisotopic (exact) mass is 276 g/mol. The minimum atomic E-state index is -0.430. The van der Waals surface area contributed by atoms with Crippen molar-refractivity contribution in [1.29, 1.82) is 0 Å². The molecule has 0 bridgehead atoms. The van der Waals surface area contributed by atoms with Gasteiger partial charge in [0.25, 0.3) is 5.91 Å². The lowest BCUT2D eigenvalue weighted by Gasteiger charge is -2.38. The van der Waals surface area contributed by atoms with Crippen LogP contribution in [0.2, 0.25) is 0 Å². The molecule has 2 aromatic rings. The number of amides is 1. The molecule has 2 N–H and O–H groups in total. The van der Waals surface area contributed by atoms with Gasteiger partial charge >= 0.3 is 0 Å². The Morgan fingerprint density at radius 1 is 1.45 bits per heavy atom. The minimum Gasteiger partial charge on any atom is -0.344 e. The lowest BCUT2D eigenvalue weighted by atomic mass is 10.0. The van der Waals surface area contributed by atoms with Gasteiger partial charge in [-0.15, -0.1) is 0 Å². The molecular weight excluding hydrogens is 259 g/mol. The van der Waals surface area contributed by atoms with Crippen molar-refractivity contribution >= 4 is 16.9 Å². The zero-order valence-electron chi connectivity index (χ0n) is 11.5. The highest BCUT2D eigenvalue weighted by atomic mass is 19.1. The summed E-state index contributed by atoms with van der Waals surface area (Å²) in [5, 5.41) is 3.32. The fourth-order valence-electron chi connectivity index (χ4n) is 2.68. The molecule has 1 fully saturated rings. The van der Waals surface area contributed by atoms with Gasteiger partial charge in [0.2, 0.25) is 0 Å². The van der Waals surface area contributed by atoms with Crippen LogP contribution in [0.15, 0.2) is 18.5 Å². The lowest BCUT2D eigenvalue weighted by Crippen LogP contribution is -2.57. The molecule has 20 heavy (non-hydrogen) atoms. The van der Waals surface area contributed by atoms with Gasteiger partial charge in [0.05, 0.1) is 17.4 Å². The summed E-state index contributed by atoms with van der Waals surface area (Å²) in [5.74, 6) is -0.594. The minimum absolute atomic E-state index is 0.0634. The van der Waals surface area contributed by atoms with E-state index in [0.717, 1.165) is 6.54 Å². The fourth-order valence-corrected chi connectivity index (χ4v) is 2.68. The average molecular weight is 276 g/mol. The first-order valence-corrected chi connectivity index (χ1v) is 6.75. The summed E-state index contributed by atoms with van der Waals surface area (Å²) in [7, 11) is 0. The number of fused-ring (bicyclic) bond motifs is 1. The van der Waals surface area contributed by atoms with Gasteiger partial charge in [-0.25, -0.2) is 9.37 Å². The lowest BCUT2D eigenvalue weighted by molar-refractivity contribution is 0.0604. The molecule has 0 spiro atoms. The zero-order chi connectivity index (χ0) is 14.3. The third kappa shape index (κ3) is 2.06. The van der Waals surface area contributed by atoms with Crippen LogP contribution in [0, 0.1) is 5.82 Å². The third-order valence-corrected chi connectivity index (χ3v) is 4.01. The maximum Gasteiger partial charge on any atom is 0.256 e. The summed E-state index contributed by atoms with van der Waals surface area (Å²) in [5.41, 5.74) is 1.39. The number of aromatic amines is 1. The molecule has 2 heterocycles. The predicted molar refractivity (Wildman–Crippen MR) is 74.0 cm³/mol. The molecule has 1 aliphatic rings. The van der Waals surface area contributed by atoms with Crippen LogP contribution in [-0.4, -0.2) is 45.9 Å². The standard InChI is InChI=1S/C14H17FN4O/c1-8-9(2)19(4-3-16-8)14(20)11-5-10(15)6-12-13(11)18-7-17-12/h5-9,16H,3-4H2,1-2H3,(H,17,18). The summed E-state index contributed by atoms with van der Waals surface area (Å²) >= 11 is 0. The van der Waals surface area contributed by atoms with Crippen LogP contribution in [0.4, 0.5) is 4.39 Å². The van der Waals surface area contributed by atoms with Crippen molar-refractivity contribution in [3.63, 3.8) is 0 Å². The second-order valence-electron chi connectivity index (χ2n) is 5.23. The van der Waals surface area contributed by atoms with E-state index in [9.17, 15) is 9.18 Å². The highest BCUT2D eigenvalue weighted by molar-refractivity contribution is 6.05. The Hall–Kier alpha value is -1.95. The number of carbonyl (C=O) groups is 1. The van der Waals surface area contributed by atoms with E-state index in [0.29, 0.717) is 23.1 Å². The number of nitrogens with one attached hydrogen (secondary N) is 2. The Kier molecular flexibility index (Phi) is 3.17. The summed E-state index contributed by atoms with van der Waals surface area (Å²) in [4.78, 5) is 21.5. The van der Waals surface area contributed by atoms with Crippen LogP contribution in [0.1, 0.15) is 24.2 Å². The van der Waals surface area contributed by atoms with Crippen molar-refractivity contribution in [1.82, 2.24) is 20.2 Å². The van der Waals surface area contributed by atoms with Gasteiger partial charge < -0.3 is 15.2 Å². The van der Waals surface area contributed by atoms with Gasteiger partial charge in [-0.2, -0.15) is 0 Å². The molecule has 2 atom stereocenters. The summed E-state index contributed by atoms with van der Waals surface area (Å²) < 4.78 is 13.6. The SMILES string of the molecule is CC1NCCN(C(=O)c2cc(F)cc3[nH]cnc23)C1C. The third-order valence-electron chi connectivity index (χ3n) is 4.01. The number of piperazine rings is 1. The Morgan fingerprint density at radius 3 is 3.05 bits per heavy atom. The van der Waals surface area contributed by atoms with Crippen LogP contribution >= 0.6 is 0 Å². The van der Waals surface area contributed by atoms with E-state index in [1.807, 2.05) is 13.8 Å². The van der Waals surface area contributed by atoms with E-state index in [2.05, 4.69) is 15.3 Å². The molecule has 0 radical (unpaired) electrons. The molecule has 1 aromatic heterocycles. The van der Waals surface area contributed by atoms with Crippen molar-refractivity contribution in [3.8, 4) is 0 Å². The van der Waals surface area contributed by atoms with Gasteiger partial charge in [0.15, 0.2) is 0 Å². The van der Waals surface area contributed by atoms with Crippen molar-refractivity contribution in [2.24, 2.45) is 0 Å². The Bertz CT molecular complexity index is 654. The van der Waals surface area contributed by atoms with Gasteiger partial charge in [0, 0.05) is 25.2 Å². The molecule has 3 rings (SSSR count). The molecule has 1 aromatic carbocycles. The largest absolute Gasteiger partial charge is 0.344 e. The predicted octanol–water partition coefficient (Wildman–Crippen LogP) is 1.52. The molecule has 0 aliphatic carbocycles. The molecule has 1 aliphatic heterocycles. The molecule has 0 saturated carbocycles. The van der Waals surface area contributed by atoms with Crippen LogP contribution in [0.25, 0.3) is 11.0 Å². The average Bonchev–Trinajstić information content (AvgIpc) is 2.88. The molecular formula is C14H17FN4O. The van der Waals surface area contributed by atoms with Crippen LogP contribution in [0.3, 0.4) is 0 Å². The van der Waals surface area contributed by atoms with Crippen molar-refractivity contribution in [2.75, 3.05) is 13.1 Å². The summed E-state index contributed by atoms with van der Waals surface area (Å²) in [6.45, 7) is 5.40. The van der Waals surface area contributed by atoms with E-state index in [1.165, 1.54) is 18.5 Å².